The zero-order valence-corrected chi connectivity index (χ0v) is 15.3. The third-order valence-corrected chi connectivity index (χ3v) is 3.80. The minimum atomic E-state index is -0.166. The Kier molecular flexibility index (Phi) is 5.63. The Morgan fingerprint density at radius 2 is 1.92 bits per heavy atom. The number of nitriles is 1. The van der Waals surface area contributed by atoms with Crippen LogP contribution in [-0.4, -0.2) is 16.7 Å². The van der Waals surface area contributed by atoms with Crippen molar-refractivity contribution in [2.75, 3.05) is 7.11 Å². The van der Waals surface area contributed by atoms with Gasteiger partial charge in [-0.15, -0.1) is 6.07 Å². The van der Waals surface area contributed by atoms with Gasteiger partial charge in [-0.1, -0.05) is 13.8 Å². The zero-order chi connectivity index (χ0) is 17.3. The Hall–Kier alpha value is -2.61. The second-order valence-corrected chi connectivity index (χ2v) is 5.70. The van der Waals surface area contributed by atoms with Crippen LogP contribution in [0.5, 0.6) is 5.75 Å². The summed E-state index contributed by atoms with van der Waals surface area (Å²) in [4.78, 5) is 17.7. The van der Waals surface area contributed by atoms with Crippen LogP contribution in [0, 0.1) is 17.4 Å². The van der Waals surface area contributed by atoms with Crippen LogP contribution >= 0.6 is 0 Å². The second kappa shape index (κ2) is 7.52. The molecule has 127 valence electrons. The van der Waals surface area contributed by atoms with Gasteiger partial charge in [0.05, 0.1) is 24.4 Å². The van der Waals surface area contributed by atoms with Crippen LogP contribution in [0.3, 0.4) is 0 Å². The first-order valence-corrected chi connectivity index (χ1v) is 7.58. The van der Waals surface area contributed by atoms with Crippen molar-refractivity contribution >= 4 is 10.9 Å². The molecule has 3 aromatic rings. The van der Waals surface area contributed by atoms with E-state index in [2.05, 4.69) is 17.1 Å². The average Bonchev–Trinajstić information content (AvgIpc) is 2.61. The van der Waals surface area contributed by atoms with Gasteiger partial charge in [0.25, 0.3) is 0 Å². The molecule has 2 aromatic carbocycles. The van der Waals surface area contributed by atoms with Crippen molar-refractivity contribution in [3.63, 3.8) is 0 Å². The van der Waals surface area contributed by atoms with Crippen molar-refractivity contribution < 1.29 is 21.8 Å². The molecule has 0 spiro atoms. The van der Waals surface area contributed by atoms with Crippen LogP contribution in [0.25, 0.3) is 16.6 Å². The Balaban J connectivity index is 0.00000225. The van der Waals surface area contributed by atoms with E-state index in [0.29, 0.717) is 33.7 Å². The van der Waals surface area contributed by atoms with Crippen molar-refractivity contribution in [1.29, 1.82) is 5.26 Å². The number of rotatable bonds is 3. The molecule has 0 fully saturated rings. The minimum absolute atomic E-state index is 0. The summed E-state index contributed by atoms with van der Waals surface area (Å²) < 4.78 is 6.88. The summed E-state index contributed by atoms with van der Waals surface area (Å²) in [5.41, 5.74) is 1.58. The molecule has 0 atom stereocenters. The van der Waals surface area contributed by atoms with Gasteiger partial charge < -0.3 is 4.74 Å². The van der Waals surface area contributed by atoms with E-state index in [9.17, 15) is 4.79 Å². The molecule has 0 amide bonds. The predicted molar refractivity (Wildman–Crippen MR) is 91.5 cm³/mol. The maximum absolute atomic E-state index is 13.1. The maximum Gasteiger partial charge on any atom is 0.241 e. The summed E-state index contributed by atoms with van der Waals surface area (Å²) in [5.74, 6) is 1.12. The van der Waals surface area contributed by atoms with Crippen molar-refractivity contribution in [2.24, 2.45) is 0 Å². The number of nitrogens with zero attached hydrogens (tertiary/aromatic N) is 3. The van der Waals surface area contributed by atoms with E-state index in [-0.39, 0.29) is 28.5 Å². The van der Waals surface area contributed by atoms with Crippen LogP contribution in [0.15, 0.2) is 41.2 Å². The van der Waals surface area contributed by atoms with E-state index in [1.807, 2.05) is 13.8 Å². The summed E-state index contributed by atoms with van der Waals surface area (Å²) >= 11 is 0. The molecule has 0 N–H and O–H groups in total. The van der Waals surface area contributed by atoms with Crippen LogP contribution in [0.2, 0.25) is 0 Å². The topological polar surface area (TPSA) is 67.9 Å². The molecule has 5 nitrogen and oxygen atoms in total. The molecule has 0 unspecified atom stereocenters. The number of benzene rings is 2. The monoisotopic (exact) mass is 373 g/mol. The van der Waals surface area contributed by atoms with E-state index >= 15 is 0 Å². The summed E-state index contributed by atoms with van der Waals surface area (Å²) in [6.45, 7) is 3.96. The SMILES string of the molecule is COc1[c-]ccc2c(=O)n(-c3ccc(C#N)cc3)c(C(C)C)nc12.[Mn]. The van der Waals surface area contributed by atoms with Crippen molar-refractivity contribution in [2.45, 2.75) is 19.8 Å². The smallest absolute Gasteiger partial charge is 0.241 e. The summed E-state index contributed by atoms with van der Waals surface area (Å²) in [6.07, 6.45) is 0. The van der Waals surface area contributed by atoms with Crippen molar-refractivity contribution in [1.82, 2.24) is 9.55 Å². The minimum Gasteiger partial charge on any atom is -0.520 e. The Labute approximate surface area is 156 Å². The van der Waals surface area contributed by atoms with Gasteiger partial charge >= 0.3 is 0 Å². The first kappa shape index (κ1) is 18.7. The van der Waals surface area contributed by atoms with E-state index in [1.54, 1.807) is 41.0 Å². The van der Waals surface area contributed by atoms with Gasteiger partial charge in [-0.2, -0.15) is 17.4 Å². The fourth-order valence-corrected chi connectivity index (χ4v) is 2.62. The van der Waals surface area contributed by atoms with E-state index in [0.717, 1.165) is 0 Å². The summed E-state index contributed by atoms with van der Waals surface area (Å²) in [5, 5.41) is 9.42. The number of aromatic nitrogens is 2. The number of hydrogen-bond acceptors (Lipinski definition) is 4. The Bertz CT molecular complexity index is 1000. The number of methoxy groups -OCH3 is 1. The molecule has 0 bridgehead atoms. The van der Waals surface area contributed by atoms with E-state index in [4.69, 9.17) is 10.00 Å². The molecule has 0 aliphatic heterocycles. The van der Waals surface area contributed by atoms with Gasteiger partial charge in [-0.05, 0) is 29.7 Å². The van der Waals surface area contributed by atoms with Crippen LogP contribution in [-0.2, 0) is 17.1 Å². The van der Waals surface area contributed by atoms with E-state index < -0.39 is 0 Å². The van der Waals surface area contributed by atoms with E-state index in [1.165, 1.54) is 7.11 Å². The van der Waals surface area contributed by atoms with Gasteiger partial charge in [0.15, 0.2) is 0 Å². The predicted octanol–water partition coefficient (Wildman–Crippen LogP) is 3.19. The molecule has 1 radical (unpaired) electrons. The molecule has 1 aromatic heterocycles. The Morgan fingerprint density at radius 3 is 2.48 bits per heavy atom. The standard InChI is InChI=1S/C19H16N3O2.Mn/c1-12(2)18-21-17-15(5-4-6-16(17)24-3)19(23)22(18)14-9-7-13(11-20)8-10-14;/h4-5,7-10,12H,1-3H3;/q-1;. The second-order valence-electron chi connectivity index (χ2n) is 5.70. The molecule has 0 saturated heterocycles. The third kappa shape index (κ3) is 3.30. The number of ether oxygens (including phenoxy) is 1. The molecule has 0 saturated carbocycles. The van der Waals surface area contributed by atoms with Gasteiger partial charge in [-0.25, -0.2) is 0 Å². The average molecular weight is 373 g/mol. The first-order chi connectivity index (χ1) is 11.6. The van der Waals surface area contributed by atoms with Gasteiger partial charge in [0.2, 0.25) is 5.56 Å². The van der Waals surface area contributed by atoms with Crippen molar-refractivity contribution in [3.8, 4) is 17.5 Å². The maximum atomic E-state index is 13.1. The zero-order valence-electron chi connectivity index (χ0n) is 14.1. The number of hydrogen-bond donors (Lipinski definition) is 0. The van der Waals surface area contributed by atoms with Gasteiger partial charge in [0.1, 0.15) is 5.82 Å². The summed E-state index contributed by atoms with van der Waals surface area (Å²) in [7, 11) is 1.54. The van der Waals surface area contributed by atoms with Gasteiger partial charge in [0, 0.05) is 34.3 Å². The molecule has 25 heavy (non-hydrogen) atoms. The molecule has 0 aliphatic carbocycles. The summed E-state index contributed by atoms with van der Waals surface area (Å²) in [6, 6.07) is 15.3. The molecule has 0 aliphatic rings. The van der Waals surface area contributed by atoms with Crippen LogP contribution in [0.1, 0.15) is 31.2 Å². The normalized spacial score (nSPS) is 10.4. The molecular weight excluding hydrogens is 357 g/mol. The molecule has 3 rings (SSSR count). The van der Waals surface area contributed by atoms with Gasteiger partial charge in [-0.3, -0.25) is 14.3 Å². The molecule has 1 heterocycles. The Morgan fingerprint density at radius 1 is 1.24 bits per heavy atom. The fraction of sp³-hybridized carbons (Fsp3) is 0.211. The van der Waals surface area contributed by atoms with Crippen molar-refractivity contribution in [3.05, 3.63) is 64.2 Å². The van der Waals surface area contributed by atoms with Crippen LogP contribution in [0.4, 0.5) is 0 Å². The third-order valence-electron chi connectivity index (χ3n) is 3.80. The van der Waals surface area contributed by atoms with Crippen LogP contribution < -0.4 is 10.3 Å². The molecular formula is C19H16MnN3O2-. The largest absolute Gasteiger partial charge is 0.520 e. The number of fused-ring (bicyclic) bond motifs is 1. The first-order valence-electron chi connectivity index (χ1n) is 7.58. The quantitative estimate of drug-likeness (QED) is 0.522. The fourth-order valence-electron chi connectivity index (χ4n) is 2.62. The molecule has 6 heteroatoms.